The molecule has 1 fully saturated rings. The van der Waals surface area contributed by atoms with E-state index in [4.69, 9.17) is 5.73 Å². The summed E-state index contributed by atoms with van der Waals surface area (Å²) in [5.41, 5.74) is 8.14. The second-order valence-corrected chi connectivity index (χ2v) is 5.57. The number of anilines is 1. The second-order valence-electron chi connectivity index (χ2n) is 5.57. The number of hydrogen-bond donors (Lipinski definition) is 2. The van der Waals surface area contributed by atoms with Crippen LogP contribution in [0.15, 0.2) is 18.2 Å². The first kappa shape index (κ1) is 12.9. The normalized spacial score (nSPS) is 23.0. The summed E-state index contributed by atoms with van der Waals surface area (Å²) in [6.45, 7) is 5.00. The quantitative estimate of drug-likeness (QED) is 0.806. The van der Waals surface area contributed by atoms with Gasteiger partial charge >= 0.3 is 0 Å². The summed E-state index contributed by atoms with van der Waals surface area (Å²) in [5, 5.41) is 3.03. The lowest BCUT2D eigenvalue weighted by Crippen LogP contribution is -2.28. The number of hydrogen-bond acceptors (Lipinski definition) is 2. The van der Waals surface area contributed by atoms with Crippen molar-refractivity contribution in [1.82, 2.24) is 5.32 Å². The average Bonchev–Trinajstić information content (AvgIpc) is 2.75. The van der Waals surface area contributed by atoms with E-state index in [-0.39, 0.29) is 5.91 Å². The van der Waals surface area contributed by atoms with Gasteiger partial charge in [0.2, 0.25) is 0 Å². The van der Waals surface area contributed by atoms with Crippen LogP contribution in [0.3, 0.4) is 0 Å². The van der Waals surface area contributed by atoms with Crippen molar-refractivity contribution < 1.29 is 4.79 Å². The van der Waals surface area contributed by atoms with E-state index in [2.05, 4.69) is 12.2 Å². The zero-order valence-electron chi connectivity index (χ0n) is 11.2. The van der Waals surface area contributed by atoms with Crippen molar-refractivity contribution >= 4 is 11.6 Å². The van der Waals surface area contributed by atoms with Crippen LogP contribution in [0.4, 0.5) is 5.69 Å². The molecule has 1 aliphatic rings. The fraction of sp³-hybridized carbons (Fsp3) is 0.533. The van der Waals surface area contributed by atoms with Crippen LogP contribution in [-0.4, -0.2) is 12.5 Å². The highest BCUT2D eigenvalue weighted by molar-refractivity contribution is 5.94. The van der Waals surface area contributed by atoms with Gasteiger partial charge < -0.3 is 11.1 Å². The Morgan fingerprint density at radius 2 is 2.22 bits per heavy atom. The Balaban J connectivity index is 1.89. The van der Waals surface area contributed by atoms with Gasteiger partial charge in [0.25, 0.3) is 5.91 Å². The van der Waals surface area contributed by atoms with Gasteiger partial charge in [-0.1, -0.05) is 13.3 Å². The van der Waals surface area contributed by atoms with Crippen LogP contribution < -0.4 is 11.1 Å². The molecule has 1 aromatic carbocycles. The summed E-state index contributed by atoms with van der Waals surface area (Å²) in [5.74, 6) is 1.47. The van der Waals surface area contributed by atoms with Crippen LogP contribution >= 0.6 is 0 Å². The van der Waals surface area contributed by atoms with Gasteiger partial charge in [-0.3, -0.25) is 4.79 Å². The highest BCUT2D eigenvalue weighted by Crippen LogP contribution is 2.29. The topological polar surface area (TPSA) is 55.1 Å². The summed E-state index contributed by atoms with van der Waals surface area (Å²) < 4.78 is 0. The maximum Gasteiger partial charge on any atom is 0.251 e. The Kier molecular flexibility index (Phi) is 3.90. The minimum Gasteiger partial charge on any atom is -0.399 e. The smallest absolute Gasteiger partial charge is 0.251 e. The summed E-state index contributed by atoms with van der Waals surface area (Å²) in [7, 11) is 0. The molecule has 1 aromatic rings. The Hall–Kier alpha value is -1.51. The van der Waals surface area contributed by atoms with Crippen molar-refractivity contribution in [3.8, 4) is 0 Å². The lowest BCUT2D eigenvalue weighted by Gasteiger charge is -2.11. The van der Waals surface area contributed by atoms with E-state index < -0.39 is 0 Å². The number of amides is 1. The van der Waals surface area contributed by atoms with Crippen molar-refractivity contribution in [3.63, 3.8) is 0 Å². The van der Waals surface area contributed by atoms with Gasteiger partial charge in [-0.15, -0.1) is 0 Å². The van der Waals surface area contributed by atoms with E-state index in [9.17, 15) is 4.79 Å². The molecule has 0 radical (unpaired) electrons. The zero-order valence-corrected chi connectivity index (χ0v) is 11.2. The third kappa shape index (κ3) is 3.03. The molecule has 0 saturated heterocycles. The summed E-state index contributed by atoms with van der Waals surface area (Å²) >= 11 is 0. The first-order valence-corrected chi connectivity index (χ1v) is 6.70. The molecule has 1 amide bonds. The molecule has 18 heavy (non-hydrogen) atoms. The van der Waals surface area contributed by atoms with E-state index in [1.165, 1.54) is 19.3 Å². The SMILES string of the molecule is Cc1cc(C(=O)NCC2CCC(C)C2)ccc1N. The predicted molar refractivity (Wildman–Crippen MR) is 74.4 cm³/mol. The molecular weight excluding hydrogens is 224 g/mol. The molecule has 0 bridgehead atoms. The number of benzene rings is 1. The van der Waals surface area contributed by atoms with Crippen LogP contribution in [0.5, 0.6) is 0 Å². The zero-order chi connectivity index (χ0) is 13.1. The molecule has 0 heterocycles. The maximum absolute atomic E-state index is 12.0. The highest BCUT2D eigenvalue weighted by atomic mass is 16.1. The molecule has 1 saturated carbocycles. The molecular formula is C15H22N2O. The van der Waals surface area contributed by atoms with Gasteiger partial charge in [0.1, 0.15) is 0 Å². The van der Waals surface area contributed by atoms with Crippen molar-refractivity contribution in [2.24, 2.45) is 11.8 Å². The summed E-state index contributed by atoms with van der Waals surface area (Å²) in [6.07, 6.45) is 3.77. The summed E-state index contributed by atoms with van der Waals surface area (Å²) in [6, 6.07) is 5.43. The minimum absolute atomic E-state index is 0.0117. The second kappa shape index (κ2) is 5.42. The van der Waals surface area contributed by atoms with Gasteiger partial charge in [-0.25, -0.2) is 0 Å². The van der Waals surface area contributed by atoms with E-state index in [0.717, 1.165) is 23.7 Å². The third-order valence-corrected chi connectivity index (χ3v) is 3.89. The third-order valence-electron chi connectivity index (χ3n) is 3.89. The molecule has 2 unspecified atom stereocenters. The van der Waals surface area contributed by atoms with Crippen LogP contribution in [0.2, 0.25) is 0 Å². The largest absolute Gasteiger partial charge is 0.399 e. The van der Waals surface area contributed by atoms with Gasteiger partial charge in [0, 0.05) is 17.8 Å². The van der Waals surface area contributed by atoms with Crippen molar-refractivity contribution in [1.29, 1.82) is 0 Å². The first-order valence-electron chi connectivity index (χ1n) is 6.70. The van der Waals surface area contributed by atoms with Crippen molar-refractivity contribution in [2.75, 3.05) is 12.3 Å². The maximum atomic E-state index is 12.0. The Labute approximate surface area is 109 Å². The van der Waals surface area contributed by atoms with Crippen LogP contribution in [0, 0.1) is 18.8 Å². The number of rotatable bonds is 3. The van der Waals surface area contributed by atoms with Gasteiger partial charge in [0.05, 0.1) is 0 Å². The van der Waals surface area contributed by atoms with E-state index in [1.807, 2.05) is 13.0 Å². The number of nitrogen functional groups attached to an aromatic ring is 1. The standard InChI is InChI=1S/C15H22N2O/c1-10-3-4-12(7-10)9-17-15(18)13-5-6-14(16)11(2)8-13/h5-6,8,10,12H,3-4,7,9,16H2,1-2H3,(H,17,18). The van der Waals surface area contributed by atoms with E-state index in [0.29, 0.717) is 11.5 Å². The van der Waals surface area contributed by atoms with Crippen LogP contribution in [0.25, 0.3) is 0 Å². The van der Waals surface area contributed by atoms with Crippen LogP contribution in [-0.2, 0) is 0 Å². The number of nitrogens with two attached hydrogens (primary N) is 1. The Morgan fingerprint density at radius 3 is 2.83 bits per heavy atom. The molecule has 2 atom stereocenters. The number of aryl methyl sites for hydroxylation is 1. The fourth-order valence-corrected chi connectivity index (χ4v) is 2.67. The molecule has 98 valence electrons. The summed E-state index contributed by atoms with van der Waals surface area (Å²) in [4.78, 5) is 12.0. The lowest BCUT2D eigenvalue weighted by atomic mass is 10.1. The molecule has 0 aliphatic heterocycles. The first-order chi connectivity index (χ1) is 8.56. The fourth-order valence-electron chi connectivity index (χ4n) is 2.67. The highest BCUT2D eigenvalue weighted by Gasteiger charge is 2.21. The number of carbonyl (C=O) groups excluding carboxylic acids is 1. The van der Waals surface area contributed by atoms with Crippen molar-refractivity contribution in [3.05, 3.63) is 29.3 Å². The van der Waals surface area contributed by atoms with Gasteiger partial charge in [-0.2, -0.15) is 0 Å². The van der Waals surface area contributed by atoms with Crippen molar-refractivity contribution in [2.45, 2.75) is 33.1 Å². The van der Waals surface area contributed by atoms with E-state index >= 15 is 0 Å². The molecule has 3 heteroatoms. The monoisotopic (exact) mass is 246 g/mol. The Morgan fingerprint density at radius 1 is 1.44 bits per heavy atom. The van der Waals surface area contributed by atoms with E-state index in [1.54, 1.807) is 12.1 Å². The van der Waals surface area contributed by atoms with Gasteiger partial charge in [-0.05, 0) is 55.4 Å². The number of nitrogens with one attached hydrogen (secondary N) is 1. The molecule has 2 rings (SSSR count). The Bertz CT molecular complexity index is 442. The van der Waals surface area contributed by atoms with Gasteiger partial charge in [0.15, 0.2) is 0 Å². The molecule has 1 aliphatic carbocycles. The minimum atomic E-state index is 0.0117. The molecule has 0 aromatic heterocycles. The molecule has 0 spiro atoms. The lowest BCUT2D eigenvalue weighted by molar-refractivity contribution is 0.0947. The molecule has 3 nitrogen and oxygen atoms in total. The molecule has 3 N–H and O–H groups in total. The van der Waals surface area contributed by atoms with Crippen LogP contribution in [0.1, 0.15) is 42.1 Å². The average molecular weight is 246 g/mol. The number of carbonyl (C=O) groups is 1. The predicted octanol–water partition coefficient (Wildman–Crippen LogP) is 2.74.